The molecule has 0 saturated heterocycles. The lowest BCUT2D eigenvalue weighted by atomic mass is 9.99. The molecular formula is C24H26N2O5. The van der Waals surface area contributed by atoms with Crippen LogP contribution >= 0.6 is 0 Å². The lowest BCUT2D eigenvalue weighted by molar-refractivity contribution is -0.115. The summed E-state index contributed by atoms with van der Waals surface area (Å²) < 4.78 is 16.1. The van der Waals surface area contributed by atoms with Crippen LogP contribution in [0.2, 0.25) is 0 Å². The molecule has 0 aliphatic rings. The third kappa shape index (κ3) is 4.94. The van der Waals surface area contributed by atoms with E-state index in [1.165, 1.54) is 6.20 Å². The highest BCUT2D eigenvalue weighted by molar-refractivity contribution is 6.05. The van der Waals surface area contributed by atoms with Crippen LogP contribution in [0, 0.1) is 0 Å². The molecule has 0 spiro atoms. The molecule has 3 aromatic rings. The van der Waals surface area contributed by atoms with Crippen LogP contribution in [0.4, 0.5) is 5.69 Å². The Balaban J connectivity index is 2.08. The fraction of sp³-hybridized carbons (Fsp3) is 0.292. The smallest absolute Gasteiger partial charge is 0.340 e. The van der Waals surface area contributed by atoms with Gasteiger partial charge in [-0.1, -0.05) is 19.1 Å². The SMILES string of the molecule is CCOC(=O)c1cnc(Cc2cccc(NC(=O)CC)c2)c2cc(OC)c(OC)cc12. The van der Waals surface area contributed by atoms with Gasteiger partial charge in [0, 0.05) is 35.5 Å². The van der Waals surface area contributed by atoms with Crippen molar-refractivity contribution in [1.82, 2.24) is 4.98 Å². The summed E-state index contributed by atoms with van der Waals surface area (Å²) >= 11 is 0. The van der Waals surface area contributed by atoms with E-state index in [1.807, 2.05) is 37.3 Å². The van der Waals surface area contributed by atoms with Crippen LogP contribution in [-0.2, 0) is 16.0 Å². The Kier molecular flexibility index (Phi) is 7.07. The minimum absolute atomic E-state index is 0.0451. The Hall–Kier alpha value is -3.61. The summed E-state index contributed by atoms with van der Waals surface area (Å²) in [7, 11) is 3.11. The predicted molar refractivity (Wildman–Crippen MR) is 119 cm³/mol. The number of rotatable bonds is 8. The van der Waals surface area contributed by atoms with Crippen LogP contribution in [0.3, 0.4) is 0 Å². The quantitative estimate of drug-likeness (QED) is 0.543. The van der Waals surface area contributed by atoms with Gasteiger partial charge in [-0.3, -0.25) is 9.78 Å². The highest BCUT2D eigenvalue weighted by atomic mass is 16.5. The number of anilines is 1. The van der Waals surface area contributed by atoms with Gasteiger partial charge in [-0.25, -0.2) is 4.79 Å². The molecule has 1 amide bonds. The lowest BCUT2D eigenvalue weighted by Gasteiger charge is -2.14. The number of nitrogens with one attached hydrogen (secondary N) is 1. The summed E-state index contributed by atoms with van der Waals surface area (Å²) in [5.74, 6) is 0.574. The van der Waals surface area contributed by atoms with E-state index in [2.05, 4.69) is 10.3 Å². The first kappa shape index (κ1) is 22.1. The Morgan fingerprint density at radius 1 is 1.00 bits per heavy atom. The summed E-state index contributed by atoms with van der Waals surface area (Å²) in [5.41, 5.74) is 2.84. The van der Waals surface area contributed by atoms with Gasteiger partial charge < -0.3 is 19.5 Å². The van der Waals surface area contributed by atoms with Crippen molar-refractivity contribution in [2.45, 2.75) is 26.7 Å². The molecule has 0 atom stereocenters. The molecule has 0 radical (unpaired) electrons. The number of fused-ring (bicyclic) bond motifs is 1. The van der Waals surface area contributed by atoms with Crippen molar-refractivity contribution in [3.05, 3.63) is 59.4 Å². The molecule has 0 aliphatic carbocycles. The molecule has 0 aliphatic heterocycles. The lowest BCUT2D eigenvalue weighted by Crippen LogP contribution is -2.10. The minimum Gasteiger partial charge on any atom is -0.493 e. The van der Waals surface area contributed by atoms with Crippen LogP contribution < -0.4 is 14.8 Å². The monoisotopic (exact) mass is 422 g/mol. The zero-order valence-corrected chi connectivity index (χ0v) is 18.2. The molecule has 1 N–H and O–H groups in total. The normalized spacial score (nSPS) is 10.6. The van der Waals surface area contributed by atoms with E-state index in [4.69, 9.17) is 14.2 Å². The molecule has 2 aromatic carbocycles. The largest absolute Gasteiger partial charge is 0.493 e. The Morgan fingerprint density at radius 2 is 1.71 bits per heavy atom. The first-order valence-corrected chi connectivity index (χ1v) is 10.1. The maximum atomic E-state index is 12.5. The number of aromatic nitrogens is 1. The van der Waals surface area contributed by atoms with Gasteiger partial charge in [-0.05, 0) is 36.8 Å². The fourth-order valence-electron chi connectivity index (χ4n) is 3.34. The van der Waals surface area contributed by atoms with E-state index >= 15 is 0 Å². The van der Waals surface area contributed by atoms with E-state index < -0.39 is 5.97 Å². The van der Waals surface area contributed by atoms with Crippen molar-refractivity contribution >= 4 is 28.3 Å². The number of carbonyl (C=O) groups excluding carboxylic acids is 2. The third-order valence-electron chi connectivity index (χ3n) is 4.87. The van der Waals surface area contributed by atoms with Crippen LogP contribution in [0.1, 0.15) is 41.9 Å². The first-order chi connectivity index (χ1) is 15.0. The summed E-state index contributed by atoms with van der Waals surface area (Å²) in [6, 6.07) is 11.2. The molecule has 7 heteroatoms. The third-order valence-corrected chi connectivity index (χ3v) is 4.87. The Labute approximate surface area is 181 Å². The van der Waals surface area contributed by atoms with Gasteiger partial charge in [-0.2, -0.15) is 0 Å². The van der Waals surface area contributed by atoms with Gasteiger partial charge >= 0.3 is 5.97 Å². The summed E-state index contributed by atoms with van der Waals surface area (Å²) in [6.07, 6.45) is 2.45. The second kappa shape index (κ2) is 9.93. The van der Waals surface area contributed by atoms with Crippen molar-refractivity contribution in [3.8, 4) is 11.5 Å². The molecule has 0 saturated carbocycles. The van der Waals surface area contributed by atoms with Crippen molar-refractivity contribution in [1.29, 1.82) is 0 Å². The van der Waals surface area contributed by atoms with Gasteiger partial charge in [0.15, 0.2) is 11.5 Å². The van der Waals surface area contributed by atoms with E-state index in [0.717, 1.165) is 22.3 Å². The van der Waals surface area contributed by atoms with Gasteiger partial charge in [0.05, 0.1) is 32.1 Å². The molecule has 0 fully saturated rings. The molecule has 162 valence electrons. The van der Waals surface area contributed by atoms with Gasteiger partial charge in [0.1, 0.15) is 0 Å². The van der Waals surface area contributed by atoms with Crippen LogP contribution in [-0.4, -0.2) is 37.7 Å². The maximum Gasteiger partial charge on any atom is 0.340 e. The molecule has 31 heavy (non-hydrogen) atoms. The average molecular weight is 422 g/mol. The number of hydrogen-bond donors (Lipinski definition) is 1. The second-order valence-corrected chi connectivity index (χ2v) is 6.87. The summed E-state index contributed by atoms with van der Waals surface area (Å²) in [4.78, 5) is 28.8. The van der Waals surface area contributed by atoms with Crippen LogP contribution in [0.15, 0.2) is 42.6 Å². The van der Waals surface area contributed by atoms with Crippen molar-refractivity contribution in [2.75, 3.05) is 26.1 Å². The topological polar surface area (TPSA) is 86.8 Å². The van der Waals surface area contributed by atoms with Crippen LogP contribution in [0.5, 0.6) is 11.5 Å². The molecule has 1 aromatic heterocycles. The molecule has 1 heterocycles. The average Bonchev–Trinajstić information content (AvgIpc) is 2.78. The summed E-state index contributed by atoms with van der Waals surface area (Å²) in [5, 5.41) is 4.32. The Bertz CT molecular complexity index is 1110. The molecular weight excluding hydrogens is 396 g/mol. The van der Waals surface area contributed by atoms with E-state index in [-0.39, 0.29) is 12.5 Å². The van der Waals surface area contributed by atoms with Gasteiger partial charge in [0.2, 0.25) is 5.91 Å². The zero-order chi connectivity index (χ0) is 22.4. The minimum atomic E-state index is -0.442. The van der Waals surface area contributed by atoms with E-state index in [1.54, 1.807) is 27.2 Å². The van der Waals surface area contributed by atoms with Crippen LogP contribution in [0.25, 0.3) is 10.8 Å². The fourth-order valence-corrected chi connectivity index (χ4v) is 3.34. The maximum absolute atomic E-state index is 12.5. The van der Waals surface area contributed by atoms with E-state index in [9.17, 15) is 9.59 Å². The van der Waals surface area contributed by atoms with Crippen molar-refractivity contribution in [3.63, 3.8) is 0 Å². The van der Waals surface area contributed by atoms with Crippen molar-refractivity contribution < 1.29 is 23.8 Å². The van der Waals surface area contributed by atoms with E-state index in [0.29, 0.717) is 35.3 Å². The number of ether oxygens (including phenoxy) is 3. The number of carbonyl (C=O) groups is 2. The highest BCUT2D eigenvalue weighted by Crippen LogP contribution is 2.35. The number of hydrogen-bond acceptors (Lipinski definition) is 6. The standard InChI is InChI=1S/C24H26N2O5/c1-5-23(27)26-16-9-7-8-15(10-16)11-20-18-13-22(30-4)21(29-3)12-17(18)19(14-25-20)24(28)31-6-2/h7-10,12-14H,5-6,11H2,1-4H3,(H,26,27). The number of esters is 1. The molecule has 3 rings (SSSR count). The van der Waals surface area contributed by atoms with Gasteiger partial charge in [0.25, 0.3) is 0 Å². The van der Waals surface area contributed by atoms with Gasteiger partial charge in [-0.15, -0.1) is 0 Å². The zero-order valence-electron chi connectivity index (χ0n) is 18.2. The Morgan fingerprint density at radius 3 is 2.35 bits per heavy atom. The predicted octanol–water partition coefficient (Wildman–Crippen LogP) is 4.37. The highest BCUT2D eigenvalue weighted by Gasteiger charge is 2.18. The number of benzene rings is 2. The first-order valence-electron chi connectivity index (χ1n) is 10.1. The number of amides is 1. The number of methoxy groups -OCH3 is 2. The second-order valence-electron chi connectivity index (χ2n) is 6.87. The molecule has 0 unspecified atom stereocenters. The van der Waals surface area contributed by atoms with Crippen molar-refractivity contribution in [2.24, 2.45) is 0 Å². The molecule has 0 bridgehead atoms. The summed E-state index contributed by atoms with van der Waals surface area (Å²) in [6.45, 7) is 3.84. The number of nitrogens with zero attached hydrogens (tertiary/aromatic N) is 1. The number of pyridine rings is 1. The molecule has 7 nitrogen and oxygen atoms in total.